The van der Waals surface area contributed by atoms with Gasteiger partial charge in [-0.25, -0.2) is 13.6 Å². The predicted molar refractivity (Wildman–Crippen MR) is 64.6 cm³/mol. The van der Waals surface area contributed by atoms with Crippen molar-refractivity contribution in [3.63, 3.8) is 0 Å². The second kappa shape index (κ2) is 7.25. The van der Waals surface area contributed by atoms with Gasteiger partial charge in [0.05, 0.1) is 5.75 Å². The van der Waals surface area contributed by atoms with Crippen LogP contribution in [0.3, 0.4) is 0 Å². The van der Waals surface area contributed by atoms with E-state index in [0.717, 1.165) is 18.9 Å². The largest absolute Gasteiger partial charge is 0.381 e. The molecule has 1 rings (SSSR count). The van der Waals surface area contributed by atoms with Crippen LogP contribution in [0.2, 0.25) is 0 Å². The topological polar surface area (TPSA) is 69.4 Å². The number of sulfonamides is 1. The Hall–Kier alpha value is -0.130. The average Bonchev–Trinajstić information content (AvgIpc) is 2.23. The standard InChI is InChI=1S/C11H23NO3S/c12-16(13,14)9-5-4-8-15-10-11-6-2-1-3-7-11/h11H,1-10H2,(H2,12,13,14). The minimum atomic E-state index is -3.29. The Balaban J connectivity index is 1.91. The number of ether oxygens (including phenoxy) is 1. The van der Waals surface area contributed by atoms with Crippen molar-refractivity contribution in [2.45, 2.75) is 44.9 Å². The second-order valence-corrected chi connectivity index (χ2v) is 6.39. The third-order valence-electron chi connectivity index (χ3n) is 3.05. The molecule has 1 aliphatic carbocycles. The summed E-state index contributed by atoms with van der Waals surface area (Å²) in [5.74, 6) is 0.798. The maximum atomic E-state index is 10.6. The maximum Gasteiger partial charge on any atom is 0.209 e. The minimum Gasteiger partial charge on any atom is -0.381 e. The van der Waals surface area contributed by atoms with Crippen molar-refractivity contribution in [2.24, 2.45) is 11.1 Å². The fraction of sp³-hybridized carbons (Fsp3) is 1.00. The molecule has 0 bridgehead atoms. The first-order chi connectivity index (χ1) is 7.58. The van der Waals surface area contributed by atoms with Gasteiger partial charge in [-0.2, -0.15) is 0 Å². The van der Waals surface area contributed by atoms with Gasteiger partial charge in [-0.1, -0.05) is 19.3 Å². The monoisotopic (exact) mass is 249 g/mol. The molecule has 0 aromatic heterocycles. The van der Waals surface area contributed by atoms with Gasteiger partial charge in [-0.15, -0.1) is 0 Å². The molecule has 0 saturated heterocycles. The van der Waals surface area contributed by atoms with E-state index in [4.69, 9.17) is 9.88 Å². The number of rotatable bonds is 7. The van der Waals surface area contributed by atoms with Crippen molar-refractivity contribution in [2.75, 3.05) is 19.0 Å². The number of hydrogen-bond acceptors (Lipinski definition) is 3. The first-order valence-corrected chi connectivity index (χ1v) is 7.88. The van der Waals surface area contributed by atoms with E-state index in [0.29, 0.717) is 13.0 Å². The van der Waals surface area contributed by atoms with E-state index in [9.17, 15) is 8.42 Å². The Labute approximate surface area is 98.6 Å². The van der Waals surface area contributed by atoms with Gasteiger partial charge in [0.15, 0.2) is 0 Å². The van der Waals surface area contributed by atoms with Crippen LogP contribution in [0.5, 0.6) is 0 Å². The van der Waals surface area contributed by atoms with E-state index in [1.165, 1.54) is 32.1 Å². The molecule has 0 unspecified atom stereocenters. The van der Waals surface area contributed by atoms with Crippen LogP contribution in [0.25, 0.3) is 0 Å². The van der Waals surface area contributed by atoms with E-state index in [1.807, 2.05) is 0 Å². The summed E-state index contributed by atoms with van der Waals surface area (Å²) in [6, 6.07) is 0. The average molecular weight is 249 g/mol. The van der Waals surface area contributed by atoms with E-state index < -0.39 is 10.0 Å². The smallest absolute Gasteiger partial charge is 0.209 e. The molecule has 1 fully saturated rings. The van der Waals surface area contributed by atoms with Crippen molar-refractivity contribution < 1.29 is 13.2 Å². The molecule has 0 amide bonds. The van der Waals surface area contributed by atoms with Gasteiger partial charge in [0.2, 0.25) is 10.0 Å². The third kappa shape index (κ3) is 7.19. The van der Waals surface area contributed by atoms with Crippen LogP contribution in [0.4, 0.5) is 0 Å². The summed E-state index contributed by atoms with van der Waals surface area (Å²) >= 11 is 0. The lowest BCUT2D eigenvalue weighted by Crippen LogP contribution is -2.17. The summed E-state index contributed by atoms with van der Waals surface area (Å²) in [5, 5.41) is 4.90. The summed E-state index contributed by atoms with van der Waals surface area (Å²) < 4.78 is 26.8. The maximum absolute atomic E-state index is 10.6. The molecule has 16 heavy (non-hydrogen) atoms. The Morgan fingerprint density at radius 3 is 2.44 bits per heavy atom. The molecule has 5 heteroatoms. The molecule has 1 aliphatic rings. The zero-order chi connectivity index (χ0) is 11.9. The van der Waals surface area contributed by atoms with Crippen molar-refractivity contribution in [3.8, 4) is 0 Å². The summed E-state index contributed by atoms with van der Waals surface area (Å²) in [7, 11) is -3.29. The Bertz CT molecular complexity index is 271. The normalized spacial score (nSPS) is 18.8. The van der Waals surface area contributed by atoms with Gasteiger partial charge in [0.1, 0.15) is 0 Å². The number of primary sulfonamides is 1. The van der Waals surface area contributed by atoms with Crippen molar-refractivity contribution in [3.05, 3.63) is 0 Å². The first-order valence-electron chi connectivity index (χ1n) is 6.16. The van der Waals surface area contributed by atoms with Gasteiger partial charge < -0.3 is 4.74 Å². The van der Waals surface area contributed by atoms with E-state index >= 15 is 0 Å². The second-order valence-electron chi connectivity index (χ2n) is 4.65. The molecular formula is C11H23NO3S. The zero-order valence-corrected chi connectivity index (χ0v) is 10.7. The van der Waals surface area contributed by atoms with Crippen molar-refractivity contribution in [1.29, 1.82) is 0 Å². The van der Waals surface area contributed by atoms with Crippen molar-refractivity contribution in [1.82, 2.24) is 0 Å². The zero-order valence-electron chi connectivity index (χ0n) is 9.86. The van der Waals surface area contributed by atoms with Crippen LogP contribution in [0.1, 0.15) is 44.9 Å². The molecule has 96 valence electrons. The third-order valence-corrected chi connectivity index (χ3v) is 3.90. The van der Waals surface area contributed by atoms with E-state index in [2.05, 4.69) is 0 Å². The Kier molecular flexibility index (Phi) is 6.31. The fourth-order valence-corrected chi connectivity index (χ4v) is 2.72. The number of nitrogens with two attached hydrogens (primary N) is 1. The molecule has 2 N–H and O–H groups in total. The highest BCUT2D eigenvalue weighted by molar-refractivity contribution is 7.89. The minimum absolute atomic E-state index is 0.0692. The number of hydrogen-bond donors (Lipinski definition) is 1. The Morgan fingerprint density at radius 1 is 1.12 bits per heavy atom. The molecule has 0 aromatic rings. The SMILES string of the molecule is NS(=O)(=O)CCCCOCC1CCCCC1. The summed E-state index contributed by atoms with van der Waals surface area (Å²) in [6.07, 6.45) is 7.99. The lowest BCUT2D eigenvalue weighted by molar-refractivity contribution is 0.0834. The van der Waals surface area contributed by atoms with Crippen LogP contribution in [-0.2, 0) is 14.8 Å². The molecule has 0 radical (unpaired) electrons. The van der Waals surface area contributed by atoms with Crippen LogP contribution in [0.15, 0.2) is 0 Å². The van der Waals surface area contributed by atoms with Crippen molar-refractivity contribution >= 4 is 10.0 Å². The highest BCUT2D eigenvalue weighted by atomic mass is 32.2. The highest BCUT2D eigenvalue weighted by Crippen LogP contribution is 2.23. The Morgan fingerprint density at radius 2 is 1.81 bits per heavy atom. The van der Waals surface area contributed by atoms with E-state index in [1.54, 1.807) is 0 Å². The predicted octanol–water partition coefficient (Wildman–Crippen LogP) is 1.65. The van der Waals surface area contributed by atoms with Gasteiger partial charge in [-0.05, 0) is 31.6 Å². The molecule has 0 aromatic carbocycles. The summed E-state index contributed by atoms with van der Waals surface area (Å²) in [4.78, 5) is 0. The molecule has 0 atom stereocenters. The number of unbranched alkanes of at least 4 members (excludes halogenated alkanes) is 1. The lowest BCUT2D eigenvalue weighted by atomic mass is 9.90. The molecule has 4 nitrogen and oxygen atoms in total. The van der Waals surface area contributed by atoms with Gasteiger partial charge in [0.25, 0.3) is 0 Å². The first kappa shape index (κ1) is 13.9. The molecule has 0 spiro atoms. The summed E-state index contributed by atoms with van der Waals surface area (Å²) in [6.45, 7) is 1.50. The van der Waals surface area contributed by atoms with Crippen LogP contribution in [-0.4, -0.2) is 27.4 Å². The molecule has 0 aliphatic heterocycles. The quantitative estimate of drug-likeness (QED) is 0.697. The highest BCUT2D eigenvalue weighted by Gasteiger charge is 2.12. The van der Waals surface area contributed by atoms with Gasteiger partial charge in [-0.3, -0.25) is 0 Å². The van der Waals surface area contributed by atoms with Crippen LogP contribution in [0, 0.1) is 5.92 Å². The summed E-state index contributed by atoms with van der Waals surface area (Å²) in [5.41, 5.74) is 0. The fourth-order valence-electron chi connectivity index (χ4n) is 2.11. The van der Waals surface area contributed by atoms with Gasteiger partial charge in [0, 0.05) is 13.2 Å². The lowest BCUT2D eigenvalue weighted by Gasteiger charge is -2.21. The van der Waals surface area contributed by atoms with Crippen LogP contribution >= 0.6 is 0 Å². The van der Waals surface area contributed by atoms with Crippen LogP contribution < -0.4 is 5.14 Å². The molecular weight excluding hydrogens is 226 g/mol. The van der Waals surface area contributed by atoms with Gasteiger partial charge >= 0.3 is 0 Å². The molecule has 0 heterocycles. The van der Waals surface area contributed by atoms with E-state index in [-0.39, 0.29) is 5.75 Å². The molecule has 1 saturated carbocycles.